The van der Waals surface area contributed by atoms with Crippen LogP contribution in [0.4, 0.5) is 5.69 Å². The third-order valence-electron chi connectivity index (χ3n) is 3.57. The van der Waals surface area contributed by atoms with E-state index in [2.05, 4.69) is 30.1 Å². The number of aromatic hydroxyl groups is 1. The number of thioether (sulfide) groups is 1. The maximum atomic E-state index is 10.1. The average Bonchev–Trinajstić information content (AvgIpc) is 2.48. The number of methoxy groups -OCH3 is 1. The van der Waals surface area contributed by atoms with Crippen LogP contribution in [0.3, 0.4) is 0 Å². The maximum Gasteiger partial charge on any atom is 0.120 e. The number of benzene rings is 2. The fraction of sp³-hybridized carbons (Fsp3) is 0.250. The molecule has 104 valence electrons. The normalized spacial score (nSPS) is 17.7. The molecule has 2 aromatic rings. The van der Waals surface area contributed by atoms with Crippen molar-refractivity contribution in [1.82, 2.24) is 0 Å². The van der Waals surface area contributed by atoms with Crippen molar-refractivity contribution >= 4 is 17.4 Å². The molecule has 0 amide bonds. The van der Waals surface area contributed by atoms with Crippen molar-refractivity contribution in [3.63, 3.8) is 0 Å². The predicted molar refractivity (Wildman–Crippen MR) is 83.0 cm³/mol. The summed E-state index contributed by atoms with van der Waals surface area (Å²) >= 11 is 1.79. The van der Waals surface area contributed by atoms with Gasteiger partial charge < -0.3 is 14.7 Å². The molecule has 1 unspecified atom stereocenters. The summed E-state index contributed by atoms with van der Waals surface area (Å²) < 4.78 is 5.26. The Morgan fingerprint density at radius 1 is 1.25 bits per heavy atom. The minimum atomic E-state index is 0.199. The van der Waals surface area contributed by atoms with Gasteiger partial charge in [0, 0.05) is 24.1 Å². The molecule has 4 heteroatoms. The minimum Gasteiger partial charge on any atom is -0.508 e. The Labute approximate surface area is 123 Å². The molecular weight excluding hydrogens is 270 g/mol. The molecular formula is C16H17NO2S. The second-order valence-electron chi connectivity index (χ2n) is 4.88. The SMILES string of the molecule is COc1ccc(O)c(C2CN(C)c3ccccc3S2)c1. The quantitative estimate of drug-likeness (QED) is 0.913. The summed E-state index contributed by atoms with van der Waals surface area (Å²) in [4.78, 5) is 3.48. The van der Waals surface area contributed by atoms with Crippen molar-refractivity contribution in [2.45, 2.75) is 10.1 Å². The molecule has 2 aromatic carbocycles. The Morgan fingerprint density at radius 3 is 2.85 bits per heavy atom. The van der Waals surface area contributed by atoms with Crippen LogP contribution in [0.5, 0.6) is 11.5 Å². The number of hydrogen-bond acceptors (Lipinski definition) is 4. The number of phenolic OH excluding ortho intramolecular Hbond substituents is 1. The van der Waals surface area contributed by atoms with Crippen LogP contribution >= 0.6 is 11.8 Å². The Bertz CT molecular complexity index is 630. The third-order valence-corrected chi connectivity index (χ3v) is 4.85. The number of para-hydroxylation sites is 1. The fourth-order valence-corrected chi connectivity index (χ4v) is 3.91. The molecule has 0 spiro atoms. The molecule has 1 aliphatic rings. The van der Waals surface area contributed by atoms with Crippen LogP contribution in [0.25, 0.3) is 0 Å². The molecule has 0 bridgehead atoms. The molecule has 3 rings (SSSR count). The van der Waals surface area contributed by atoms with Crippen molar-refractivity contribution in [1.29, 1.82) is 0 Å². The number of ether oxygens (including phenoxy) is 1. The fourth-order valence-electron chi connectivity index (χ4n) is 2.49. The molecule has 0 aliphatic carbocycles. The molecule has 0 radical (unpaired) electrons. The van der Waals surface area contributed by atoms with E-state index in [0.717, 1.165) is 17.9 Å². The van der Waals surface area contributed by atoms with Gasteiger partial charge in [0.25, 0.3) is 0 Å². The van der Waals surface area contributed by atoms with Gasteiger partial charge in [0.1, 0.15) is 11.5 Å². The van der Waals surface area contributed by atoms with Gasteiger partial charge in [0.2, 0.25) is 0 Å². The highest BCUT2D eigenvalue weighted by atomic mass is 32.2. The van der Waals surface area contributed by atoms with E-state index < -0.39 is 0 Å². The van der Waals surface area contributed by atoms with Crippen molar-refractivity contribution in [2.24, 2.45) is 0 Å². The van der Waals surface area contributed by atoms with Gasteiger partial charge in [-0.15, -0.1) is 11.8 Å². The second-order valence-corrected chi connectivity index (χ2v) is 6.12. The molecule has 1 atom stereocenters. The zero-order valence-electron chi connectivity index (χ0n) is 11.5. The number of anilines is 1. The Kier molecular flexibility index (Phi) is 3.49. The lowest BCUT2D eigenvalue weighted by molar-refractivity contribution is 0.410. The van der Waals surface area contributed by atoms with Gasteiger partial charge in [-0.2, -0.15) is 0 Å². The number of nitrogens with zero attached hydrogens (tertiary/aromatic N) is 1. The van der Waals surface area contributed by atoms with Gasteiger partial charge in [-0.05, 0) is 30.3 Å². The lowest BCUT2D eigenvalue weighted by Crippen LogP contribution is -2.26. The van der Waals surface area contributed by atoms with Crippen LogP contribution in [-0.4, -0.2) is 25.8 Å². The van der Waals surface area contributed by atoms with Crippen molar-refractivity contribution in [2.75, 3.05) is 25.6 Å². The number of rotatable bonds is 2. The molecule has 20 heavy (non-hydrogen) atoms. The van der Waals surface area contributed by atoms with Crippen LogP contribution < -0.4 is 9.64 Å². The van der Waals surface area contributed by atoms with E-state index in [9.17, 15) is 5.11 Å². The summed E-state index contributed by atoms with van der Waals surface area (Å²) in [6, 6.07) is 13.8. The monoisotopic (exact) mass is 287 g/mol. The number of hydrogen-bond donors (Lipinski definition) is 1. The molecule has 1 N–H and O–H groups in total. The highest BCUT2D eigenvalue weighted by molar-refractivity contribution is 7.99. The maximum absolute atomic E-state index is 10.1. The number of likely N-dealkylation sites (N-methyl/N-ethyl adjacent to an activating group) is 1. The minimum absolute atomic E-state index is 0.199. The van der Waals surface area contributed by atoms with E-state index in [-0.39, 0.29) is 5.25 Å². The highest BCUT2D eigenvalue weighted by Crippen LogP contribution is 2.47. The summed E-state index contributed by atoms with van der Waals surface area (Å²) in [5, 5.41) is 10.3. The van der Waals surface area contributed by atoms with Gasteiger partial charge in [-0.3, -0.25) is 0 Å². The van der Waals surface area contributed by atoms with Crippen molar-refractivity contribution in [3.8, 4) is 11.5 Å². The van der Waals surface area contributed by atoms with Gasteiger partial charge in [0.15, 0.2) is 0 Å². The first-order chi connectivity index (χ1) is 9.69. The van der Waals surface area contributed by atoms with E-state index in [1.54, 1.807) is 31.0 Å². The molecule has 0 fully saturated rings. The van der Waals surface area contributed by atoms with Gasteiger partial charge in [-0.25, -0.2) is 0 Å². The zero-order valence-corrected chi connectivity index (χ0v) is 12.4. The Hall–Kier alpha value is -1.81. The first-order valence-corrected chi connectivity index (χ1v) is 7.40. The van der Waals surface area contributed by atoms with Crippen molar-refractivity contribution < 1.29 is 9.84 Å². The zero-order chi connectivity index (χ0) is 14.1. The topological polar surface area (TPSA) is 32.7 Å². The van der Waals surface area contributed by atoms with Gasteiger partial charge >= 0.3 is 0 Å². The van der Waals surface area contributed by atoms with Gasteiger partial charge in [-0.1, -0.05) is 12.1 Å². The van der Waals surface area contributed by atoms with Crippen molar-refractivity contribution in [3.05, 3.63) is 48.0 Å². The van der Waals surface area contributed by atoms with E-state index in [1.807, 2.05) is 12.1 Å². The third kappa shape index (κ3) is 2.31. The summed E-state index contributed by atoms with van der Waals surface area (Å²) in [6.45, 7) is 0.863. The summed E-state index contributed by atoms with van der Waals surface area (Å²) in [5.41, 5.74) is 2.17. The highest BCUT2D eigenvalue weighted by Gasteiger charge is 2.26. The standard InChI is InChI=1S/C16H17NO2S/c1-17-10-16(20-15-6-4-3-5-13(15)17)12-9-11(19-2)7-8-14(12)18/h3-9,16,18H,10H2,1-2H3. The smallest absolute Gasteiger partial charge is 0.120 e. The second kappa shape index (κ2) is 5.29. The summed E-state index contributed by atoms with van der Waals surface area (Å²) in [5.74, 6) is 1.11. The van der Waals surface area contributed by atoms with Crippen LogP contribution in [0.1, 0.15) is 10.8 Å². The first-order valence-electron chi connectivity index (χ1n) is 6.53. The Balaban J connectivity index is 1.97. The molecule has 1 aliphatic heterocycles. The van der Waals surface area contributed by atoms with E-state index in [0.29, 0.717) is 5.75 Å². The van der Waals surface area contributed by atoms with Crippen LogP contribution in [0, 0.1) is 0 Å². The van der Waals surface area contributed by atoms with E-state index in [4.69, 9.17) is 4.74 Å². The summed E-state index contributed by atoms with van der Waals surface area (Å²) in [7, 11) is 3.73. The molecule has 0 aromatic heterocycles. The molecule has 1 heterocycles. The largest absolute Gasteiger partial charge is 0.508 e. The first kappa shape index (κ1) is 13.2. The predicted octanol–water partition coefficient (Wildman–Crippen LogP) is 3.68. The molecule has 0 saturated carbocycles. The molecule has 3 nitrogen and oxygen atoms in total. The lowest BCUT2D eigenvalue weighted by Gasteiger charge is -2.33. The summed E-state index contributed by atoms with van der Waals surface area (Å²) in [6.07, 6.45) is 0. The molecule has 0 saturated heterocycles. The van der Waals surface area contributed by atoms with Gasteiger partial charge in [0.05, 0.1) is 18.0 Å². The van der Waals surface area contributed by atoms with E-state index in [1.165, 1.54) is 10.6 Å². The van der Waals surface area contributed by atoms with Crippen LogP contribution in [0.15, 0.2) is 47.4 Å². The number of fused-ring (bicyclic) bond motifs is 1. The number of phenols is 1. The average molecular weight is 287 g/mol. The Morgan fingerprint density at radius 2 is 2.05 bits per heavy atom. The van der Waals surface area contributed by atoms with Crippen LogP contribution in [-0.2, 0) is 0 Å². The lowest BCUT2D eigenvalue weighted by atomic mass is 10.1. The van der Waals surface area contributed by atoms with Crippen LogP contribution in [0.2, 0.25) is 0 Å². The van der Waals surface area contributed by atoms with E-state index >= 15 is 0 Å².